The average molecular weight is 350 g/mol. The number of anilines is 1. The minimum atomic E-state index is -0.165. The van der Waals surface area contributed by atoms with Crippen LogP contribution < -0.4 is 5.32 Å². The maximum Gasteiger partial charge on any atom is 0.248 e. The van der Waals surface area contributed by atoms with E-state index in [-0.39, 0.29) is 5.91 Å². The van der Waals surface area contributed by atoms with Crippen molar-refractivity contribution in [3.05, 3.63) is 64.0 Å². The van der Waals surface area contributed by atoms with Crippen molar-refractivity contribution in [2.75, 3.05) is 5.32 Å². The van der Waals surface area contributed by atoms with Crippen LogP contribution in [-0.2, 0) is 4.79 Å². The Labute approximate surface area is 119 Å². The van der Waals surface area contributed by atoms with E-state index in [1.165, 1.54) is 6.08 Å². The average Bonchev–Trinajstić information content (AvgIpc) is 2.38. The van der Waals surface area contributed by atoms with Crippen LogP contribution in [0.3, 0.4) is 0 Å². The Hall–Kier alpha value is -1.69. The van der Waals surface area contributed by atoms with Gasteiger partial charge in [-0.3, -0.25) is 9.78 Å². The molecular weight excluding hydrogens is 339 g/mol. The Morgan fingerprint density at radius 1 is 1.28 bits per heavy atom. The van der Waals surface area contributed by atoms with E-state index in [0.29, 0.717) is 5.69 Å². The first-order valence-corrected chi connectivity index (χ1v) is 6.46. The Kier molecular flexibility index (Phi) is 4.46. The molecule has 1 N–H and O–H groups in total. The zero-order valence-electron chi connectivity index (χ0n) is 9.51. The molecule has 18 heavy (non-hydrogen) atoms. The van der Waals surface area contributed by atoms with Gasteiger partial charge in [-0.2, -0.15) is 0 Å². The van der Waals surface area contributed by atoms with Gasteiger partial charge in [-0.1, -0.05) is 12.1 Å². The molecule has 1 heterocycles. The summed E-state index contributed by atoms with van der Waals surface area (Å²) < 4.78 is 1.14. The van der Waals surface area contributed by atoms with Gasteiger partial charge in [0.2, 0.25) is 5.91 Å². The third-order valence-electron chi connectivity index (χ3n) is 2.20. The third-order valence-corrected chi connectivity index (χ3v) is 2.88. The molecule has 1 aromatic carbocycles. The molecule has 0 saturated heterocycles. The summed E-state index contributed by atoms with van der Waals surface area (Å²) in [6.45, 7) is 0. The first-order chi connectivity index (χ1) is 8.74. The number of hydrogen-bond donors (Lipinski definition) is 1. The Bertz CT molecular complexity index is 567. The fourth-order valence-corrected chi connectivity index (χ4v) is 1.97. The van der Waals surface area contributed by atoms with Gasteiger partial charge in [0.25, 0.3) is 0 Å². The van der Waals surface area contributed by atoms with E-state index in [1.54, 1.807) is 30.6 Å². The van der Waals surface area contributed by atoms with Crippen LogP contribution in [-0.4, -0.2) is 10.9 Å². The van der Waals surface area contributed by atoms with Gasteiger partial charge in [0, 0.05) is 15.8 Å². The minimum absolute atomic E-state index is 0.165. The molecule has 0 saturated carbocycles. The summed E-state index contributed by atoms with van der Waals surface area (Å²) in [5, 5.41) is 2.74. The van der Waals surface area contributed by atoms with Crippen LogP contribution in [0.25, 0.3) is 6.08 Å². The van der Waals surface area contributed by atoms with E-state index in [0.717, 1.165) is 9.13 Å². The van der Waals surface area contributed by atoms with Gasteiger partial charge >= 0.3 is 0 Å². The molecule has 0 aliphatic heterocycles. The molecule has 1 aromatic heterocycles. The van der Waals surface area contributed by atoms with Gasteiger partial charge in [-0.15, -0.1) is 0 Å². The van der Waals surface area contributed by atoms with E-state index in [4.69, 9.17) is 0 Å². The van der Waals surface area contributed by atoms with Crippen molar-refractivity contribution < 1.29 is 4.79 Å². The second-order valence-electron chi connectivity index (χ2n) is 3.62. The molecule has 90 valence electrons. The van der Waals surface area contributed by atoms with Crippen LogP contribution in [0.2, 0.25) is 0 Å². The number of nitrogens with one attached hydrogen (secondary N) is 1. The molecule has 0 bridgehead atoms. The maximum absolute atomic E-state index is 11.6. The molecule has 0 atom stereocenters. The number of nitrogens with zero attached hydrogens (tertiary/aromatic N) is 1. The van der Waals surface area contributed by atoms with Crippen LogP contribution in [0.1, 0.15) is 5.56 Å². The molecule has 0 aliphatic carbocycles. The second-order valence-corrected chi connectivity index (χ2v) is 4.86. The molecule has 0 radical (unpaired) electrons. The van der Waals surface area contributed by atoms with Crippen molar-refractivity contribution in [3.63, 3.8) is 0 Å². The number of carbonyl (C=O) groups is 1. The minimum Gasteiger partial charge on any atom is -0.321 e. The predicted octanol–water partition coefficient (Wildman–Crippen LogP) is 3.34. The number of benzene rings is 1. The van der Waals surface area contributed by atoms with Crippen LogP contribution >= 0.6 is 22.6 Å². The van der Waals surface area contributed by atoms with Gasteiger partial charge in [0.05, 0.1) is 11.9 Å². The number of halogens is 1. The first kappa shape index (κ1) is 12.8. The van der Waals surface area contributed by atoms with Crippen LogP contribution in [0, 0.1) is 3.57 Å². The van der Waals surface area contributed by atoms with Crippen molar-refractivity contribution in [1.29, 1.82) is 0 Å². The summed E-state index contributed by atoms with van der Waals surface area (Å²) in [6, 6.07) is 11.5. The van der Waals surface area contributed by atoms with Crippen molar-refractivity contribution in [2.45, 2.75) is 0 Å². The number of rotatable bonds is 3. The lowest BCUT2D eigenvalue weighted by molar-refractivity contribution is -0.111. The Morgan fingerprint density at radius 2 is 2.17 bits per heavy atom. The highest BCUT2D eigenvalue weighted by Gasteiger charge is 1.97. The van der Waals surface area contributed by atoms with Gasteiger partial charge in [0.1, 0.15) is 0 Å². The number of hydrogen-bond acceptors (Lipinski definition) is 2. The standard InChI is InChI=1S/C14H11IN2O/c15-12-4-1-3-11(9-12)6-7-14(18)17-13-5-2-8-16-10-13/h1-10H,(H,17,18)/b7-6+. The summed E-state index contributed by atoms with van der Waals surface area (Å²) in [4.78, 5) is 15.6. The van der Waals surface area contributed by atoms with Crippen molar-refractivity contribution in [2.24, 2.45) is 0 Å². The topological polar surface area (TPSA) is 42.0 Å². The molecule has 0 spiro atoms. The second kappa shape index (κ2) is 6.30. The summed E-state index contributed by atoms with van der Waals surface area (Å²) in [5.41, 5.74) is 1.69. The molecule has 0 aliphatic rings. The number of amides is 1. The van der Waals surface area contributed by atoms with Crippen LogP contribution in [0.15, 0.2) is 54.9 Å². The lowest BCUT2D eigenvalue weighted by atomic mass is 10.2. The van der Waals surface area contributed by atoms with E-state index in [2.05, 4.69) is 32.9 Å². The molecule has 2 aromatic rings. The highest BCUT2D eigenvalue weighted by molar-refractivity contribution is 14.1. The van der Waals surface area contributed by atoms with Gasteiger partial charge < -0.3 is 5.32 Å². The predicted molar refractivity (Wildman–Crippen MR) is 81.1 cm³/mol. The summed E-state index contributed by atoms with van der Waals surface area (Å²) in [5.74, 6) is -0.165. The van der Waals surface area contributed by atoms with Crippen molar-refractivity contribution in [1.82, 2.24) is 4.98 Å². The SMILES string of the molecule is O=C(/C=C/c1cccc(I)c1)Nc1cccnc1. The molecule has 0 fully saturated rings. The monoisotopic (exact) mass is 350 g/mol. The summed E-state index contributed by atoms with van der Waals surface area (Å²) in [7, 11) is 0. The first-order valence-electron chi connectivity index (χ1n) is 5.39. The largest absolute Gasteiger partial charge is 0.321 e. The number of aromatic nitrogens is 1. The fraction of sp³-hybridized carbons (Fsp3) is 0. The lowest BCUT2D eigenvalue weighted by Gasteiger charge is -2.00. The molecule has 4 heteroatoms. The molecule has 1 amide bonds. The zero-order chi connectivity index (χ0) is 12.8. The summed E-state index contributed by atoms with van der Waals surface area (Å²) in [6.07, 6.45) is 6.57. The normalized spacial score (nSPS) is 10.5. The highest BCUT2D eigenvalue weighted by Crippen LogP contribution is 2.09. The Morgan fingerprint density at radius 3 is 2.89 bits per heavy atom. The number of carbonyl (C=O) groups excluding carboxylic acids is 1. The van der Waals surface area contributed by atoms with Crippen molar-refractivity contribution in [3.8, 4) is 0 Å². The number of pyridine rings is 1. The third kappa shape index (κ3) is 3.96. The smallest absolute Gasteiger partial charge is 0.248 e. The lowest BCUT2D eigenvalue weighted by Crippen LogP contribution is -2.07. The van der Waals surface area contributed by atoms with Crippen LogP contribution in [0.4, 0.5) is 5.69 Å². The molecule has 0 unspecified atom stereocenters. The highest BCUT2D eigenvalue weighted by atomic mass is 127. The summed E-state index contributed by atoms with van der Waals surface area (Å²) >= 11 is 2.24. The fourth-order valence-electron chi connectivity index (χ4n) is 1.40. The van der Waals surface area contributed by atoms with E-state index in [1.807, 2.05) is 24.3 Å². The van der Waals surface area contributed by atoms with Gasteiger partial charge in [-0.05, 0) is 58.5 Å². The molecule has 2 rings (SSSR count). The Balaban J connectivity index is 1.99. The van der Waals surface area contributed by atoms with E-state index in [9.17, 15) is 4.79 Å². The van der Waals surface area contributed by atoms with Crippen LogP contribution in [0.5, 0.6) is 0 Å². The quantitative estimate of drug-likeness (QED) is 0.682. The van der Waals surface area contributed by atoms with E-state index < -0.39 is 0 Å². The maximum atomic E-state index is 11.6. The van der Waals surface area contributed by atoms with Gasteiger partial charge in [-0.25, -0.2) is 0 Å². The molecule has 3 nitrogen and oxygen atoms in total. The zero-order valence-corrected chi connectivity index (χ0v) is 11.7. The van der Waals surface area contributed by atoms with Crippen molar-refractivity contribution >= 4 is 40.3 Å². The van der Waals surface area contributed by atoms with Gasteiger partial charge in [0.15, 0.2) is 0 Å². The van der Waals surface area contributed by atoms with E-state index >= 15 is 0 Å². The molecular formula is C14H11IN2O.